The number of anilines is 1. The van der Waals surface area contributed by atoms with E-state index in [0.29, 0.717) is 12.1 Å². The van der Waals surface area contributed by atoms with Crippen molar-refractivity contribution in [3.63, 3.8) is 0 Å². The van der Waals surface area contributed by atoms with Gasteiger partial charge in [-0.05, 0) is 23.8 Å². The molecule has 0 aliphatic rings. The van der Waals surface area contributed by atoms with Gasteiger partial charge in [-0.1, -0.05) is 23.7 Å². The molecule has 0 bridgehead atoms. The zero-order valence-electron chi connectivity index (χ0n) is 10.8. The lowest BCUT2D eigenvalue weighted by atomic mass is 10.2. The number of hydrogen-bond acceptors (Lipinski definition) is 3. The molecule has 0 aliphatic heterocycles. The molecule has 0 saturated carbocycles. The molecule has 2 rings (SSSR count). The van der Waals surface area contributed by atoms with E-state index in [0.717, 1.165) is 5.56 Å². The lowest BCUT2D eigenvalue weighted by Crippen LogP contribution is -2.26. The van der Waals surface area contributed by atoms with Gasteiger partial charge in [0.2, 0.25) is 0 Å². The van der Waals surface area contributed by atoms with Gasteiger partial charge in [-0.3, -0.25) is 4.79 Å². The smallest absolute Gasteiger partial charge is 0.255 e. The van der Waals surface area contributed by atoms with Gasteiger partial charge < -0.3 is 10.6 Å². The molecule has 0 spiro atoms. The largest absolute Gasteiger partial charge is 0.384 e. The highest BCUT2D eigenvalue weighted by atomic mass is 35.5. The summed E-state index contributed by atoms with van der Waals surface area (Å²) in [5.41, 5.74) is 6.67. The summed E-state index contributed by atoms with van der Waals surface area (Å²) in [5.74, 6) is -0.353. The number of nitrogen functional groups attached to an aromatic ring is 1. The highest BCUT2D eigenvalue weighted by Gasteiger charge is 2.16. The van der Waals surface area contributed by atoms with Gasteiger partial charge in [0.15, 0.2) is 0 Å². The normalized spacial score (nSPS) is 10.3. The van der Waals surface area contributed by atoms with Crippen LogP contribution in [-0.2, 0) is 6.54 Å². The van der Waals surface area contributed by atoms with Crippen LogP contribution in [0.25, 0.3) is 0 Å². The second kappa shape index (κ2) is 5.88. The second-order valence-corrected chi connectivity index (χ2v) is 4.78. The van der Waals surface area contributed by atoms with Crippen LogP contribution in [0.5, 0.6) is 0 Å². The zero-order valence-corrected chi connectivity index (χ0v) is 11.6. The molecular weight excluding hydrogens is 281 g/mol. The molecule has 1 aromatic heterocycles. The third-order valence-electron chi connectivity index (χ3n) is 2.79. The van der Waals surface area contributed by atoms with Gasteiger partial charge in [-0.25, -0.2) is 9.37 Å². The number of amides is 1. The molecule has 0 atom stereocenters. The predicted octanol–water partition coefficient (Wildman–Crippen LogP) is 2.73. The molecule has 0 fully saturated rings. The molecular formula is C14H13ClFN3O. The summed E-state index contributed by atoms with van der Waals surface area (Å²) in [6.07, 6.45) is 1.34. The molecule has 6 heteroatoms. The average molecular weight is 294 g/mol. The molecule has 2 N–H and O–H groups in total. The Hall–Kier alpha value is -2.14. The minimum absolute atomic E-state index is 0.230. The molecule has 0 unspecified atom stereocenters. The molecule has 104 valence electrons. The van der Waals surface area contributed by atoms with E-state index in [1.165, 1.54) is 29.3 Å². The Morgan fingerprint density at radius 2 is 2.05 bits per heavy atom. The van der Waals surface area contributed by atoms with Gasteiger partial charge in [-0.2, -0.15) is 0 Å². The van der Waals surface area contributed by atoms with Crippen LogP contribution in [0.15, 0.2) is 36.5 Å². The van der Waals surface area contributed by atoms with E-state index < -0.39 is 0 Å². The number of nitrogens with zero attached hydrogens (tertiary/aromatic N) is 2. The van der Waals surface area contributed by atoms with Crippen LogP contribution in [0.1, 0.15) is 15.9 Å². The maximum absolute atomic E-state index is 12.8. The van der Waals surface area contributed by atoms with E-state index in [2.05, 4.69) is 4.98 Å². The lowest BCUT2D eigenvalue weighted by Gasteiger charge is -2.18. The van der Waals surface area contributed by atoms with Crippen LogP contribution >= 0.6 is 11.6 Å². The van der Waals surface area contributed by atoms with E-state index in [9.17, 15) is 9.18 Å². The predicted molar refractivity (Wildman–Crippen MR) is 75.9 cm³/mol. The first-order valence-corrected chi connectivity index (χ1v) is 6.26. The maximum Gasteiger partial charge on any atom is 0.255 e. The van der Waals surface area contributed by atoms with E-state index in [4.69, 9.17) is 17.3 Å². The quantitative estimate of drug-likeness (QED) is 0.946. The number of benzene rings is 1. The highest BCUT2D eigenvalue weighted by Crippen LogP contribution is 2.19. The van der Waals surface area contributed by atoms with Gasteiger partial charge >= 0.3 is 0 Å². The highest BCUT2D eigenvalue weighted by molar-refractivity contribution is 6.33. The SMILES string of the molecule is CN(Cc1ccc(F)cc1)C(=O)c1cc(N)ncc1Cl. The summed E-state index contributed by atoms with van der Waals surface area (Å²) in [7, 11) is 1.64. The van der Waals surface area contributed by atoms with Crippen LogP contribution < -0.4 is 5.73 Å². The Labute approximate surface area is 121 Å². The van der Waals surface area contributed by atoms with Crippen LogP contribution in [0.4, 0.5) is 10.2 Å². The molecule has 0 radical (unpaired) electrons. The van der Waals surface area contributed by atoms with Gasteiger partial charge in [0.05, 0.1) is 10.6 Å². The van der Waals surface area contributed by atoms with E-state index >= 15 is 0 Å². The Balaban J connectivity index is 2.16. The standard InChI is InChI=1S/C14H13ClFN3O/c1-19(8-9-2-4-10(16)5-3-9)14(20)11-6-13(17)18-7-12(11)15/h2-7H,8H2,1H3,(H2,17,18). The van der Waals surface area contributed by atoms with Gasteiger partial charge in [0, 0.05) is 19.8 Å². The first-order chi connectivity index (χ1) is 9.47. The van der Waals surface area contributed by atoms with Crippen molar-refractivity contribution in [2.75, 3.05) is 12.8 Å². The molecule has 0 saturated heterocycles. The minimum atomic E-state index is -0.312. The number of rotatable bonds is 3. The second-order valence-electron chi connectivity index (χ2n) is 4.38. The Kier molecular flexibility index (Phi) is 4.20. The van der Waals surface area contributed by atoms with E-state index in [1.54, 1.807) is 19.2 Å². The van der Waals surface area contributed by atoms with Crippen LogP contribution in [-0.4, -0.2) is 22.8 Å². The molecule has 4 nitrogen and oxygen atoms in total. The molecule has 2 aromatic rings. The number of carbonyl (C=O) groups is 1. The number of hydrogen-bond donors (Lipinski definition) is 1. The van der Waals surface area contributed by atoms with Gasteiger partial charge in [0.1, 0.15) is 11.6 Å². The number of pyridine rings is 1. The van der Waals surface area contributed by atoms with E-state index in [-0.39, 0.29) is 22.6 Å². The third-order valence-corrected chi connectivity index (χ3v) is 3.09. The zero-order chi connectivity index (χ0) is 14.7. The van der Waals surface area contributed by atoms with E-state index in [1.807, 2.05) is 0 Å². The van der Waals surface area contributed by atoms with Crippen molar-refractivity contribution in [1.29, 1.82) is 0 Å². The lowest BCUT2D eigenvalue weighted by molar-refractivity contribution is 0.0785. The van der Waals surface area contributed by atoms with Crippen molar-refractivity contribution < 1.29 is 9.18 Å². The monoisotopic (exact) mass is 293 g/mol. The van der Waals surface area contributed by atoms with Gasteiger partial charge in [-0.15, -0.1) is 0 Å². The fraction of sp³-hybridized carbons (Fsp3) is 0.143. The van der Waals surface area contributed by atoms with Crippen molar-refractivity contribution in [1.82, 2.24) is 9.88 Å². The number of halogens is 2. The molecule has 1 heterocycles. The topological polar surface area (TPSA) is 59.2 Å². The Morgan fingerprint density at radius 3 is 2.70 bits per heavy atom. The van der Waals surface area contributed by atoms with Crippen molar-refractivity contribution in [2.45, 2.75) is 6.54 Å². The van der Waals surface area contributed by atoms with Crippen molar-refractivity contribution in [3.8, 4) is 0 Å². The van der Waals surface area contributed by atoms with Crippen molar-refractivity contribution in [3.05, 3.63) is 58.5 Å². The average Bonchev–Trinajstić information content (AvgIpc) is 2.43. The molecule has 1 amide bonds. The summed E-state index contributed by atoms with van der Waals surface area (Å²) < 4.78 is 12.8. The first kappa shape index (κ1) is 14.3. The molecule has 20 heavy (non-hydrogen) atoms. The fourth-order valence-corrected chi connectivity index (χ4v) is 1.94. The maximum atomic E-state index is 12.8. The number of aromatic nitrogens is 1. The summed E-state index contributed by atoms with van der Waals surface area (Å²) >= 11 is 5.94. The Morgan fingerprint density at radius 1 is 1.40 bits per heavy atom. The summed E-state index contributed by atoms with van der Waals surface area (Å²) in [6.45, 7) is 0.345. The Bertz CT molecular complexity index is 631. The third kappa shape index (κ3) is 3.24. The summed E-state index contributed by atoms with van der Waals surface area (Å²) in [6, 6.07) is 7.39. The van der Waals surface area contributed by atoms with Crippen LogP contribution in [0.2, 0.25) is 5.02 Å². The summed E-state index contributed by atoms with van der Waals surface area (Å²) in [4.78, 5) is 17.6. The van der Waals surface area contributed by atoms with Crippen LogP contribution in [0.3, 0.4) is 0 Å². The van der Waals surface area contributed by atoms with Crippen molar-refractivity contribution >= 4 is 23.3 Å². The number of nitrogens with two attached hydrogens (primary N) is 1. The van der Waals surface area contributed by atoms with Crippen molar-refractivity contribution in [2.24, 2.45) is 0 Å². The molecule has 0 aliphatic carbocycles. The molecule has 1 aromatic carbocycles. The van der Waals surface area contributed by atoms with Gasteiger partial charge in [0.25, 0.3) is 5.91 Å². The van der Waals surface area contributed by atoms with Crippen LogP contribution in [0, 0.1) is 5.82 Å². The first-order valence-electron chi connectivity index (χ1n) is 5.88. The fourth-order valence-electron chi connectivity index (χ4n) is 1.76. The minimum Gasteiger partial charge on any atom is -0.384 e. The summed E-state index contributed by atoms with van der Waals surface area (Å²) in [5, 5.41) is 0.246. The number of carbonyl (C=O) groups excluding carboxylic acids is 1.